The van der Waals surface area contributed by atoms with Gasteiger partial charge < -0.3 is 9.52 Å². The Balaban J connectivity index is 1.87. The second-order valence-electron chi connectivity index (χ2n) is 5.32. The molecule has 1 N–H and O–H groups in total. The van der Waals surface area contributed by atoms with E-state index in [1.165, 1.54) is 23.6 Å². The van der Waals surface area contributed by atoms with Gasteiger partial charge in [0, 0.05) is 5.56 Å². The predicted molar refractivity (Wildman–Crippen MR) is 78.4 cm³/mol. The van der Waals surface area contributed by atoms with Crippen molar-refractivity contribution in [3.8, 4) is 11.5 Å². The van der Waals surface area contributed by atoms with Crippen LogP contribution in [0.15, 0.2) is 40.8 Å². The summed E-state index contributed by atoms with van der Waals surface area (Å²) >= 11 is 0. The number of para-hydroxylation sites is 1. The minimum Gasteiger partial charge on any atom is -0.478 e. The normalized spacial score (nSPS) is 13.5. The lowest BCUT2D eigenvalue weighted by Crippen LogP contribution is -1.95. The van der Waals surface area contributed by atoms with Gasteiger partial charge in [0.05, 0.1) is 0 Å². The molecule has 1 aliphatic carbocycles. The zero-order chi connectivity index (χ0) is 14.4. The Bertz CT molecular complexity index is 864. The van der Waals surface area contributed by atoms with Gasteiger partial charge in [-0.05, 0) is 54.7 Å². The predicted octanol–water partition coefficient (Wildman–Crippen LogP) is 3.68. The van der Waals surface area contributed by atoms with E-state index in [2.05, 4.69) is 17.1 Å². The Hall–Kier alpha value is -2.62. The first-order valence-corrected chi connectivity index (χ1v) is 6.97. The standard InChI is InChI=1S/C17H13NO3/c19-17(20)13-5-2-6-14-15(13)21-16(18-14)12-8-7-10-3-1-4-11(10)9-12/h2,5-9H,1,3-4H2,(H,19,20). The quantitative estimate of drug-likeness (QED) is 0.777. The van der Waals surface area contributed by atoms with Crippen LogP contribution in [0, 0.1) is 0 Å². The average molecular weight is 279 g/mol. The Morgan fingerprint density at radius 1 is 1.14 bits per heavy atom. The summed E-state index contributed by atoms with van der Waals surface area (Å²) in [5, 5.41) is 9.20. The molecule has 3 aromatic rings. The van der Waals surface area contributed by atoms with Crippen LogP contribution in [0.5, 0.6) is 0 Å². The number of rotatable bonds is 2. The minimum absolute atomic E-state index is 0.146. The van der Waals surface area contributed by atoms with E-state index in [0.717, 1.165) is 18.4 Å². The summed E-state index contributed by atoms with van der Waals surface area (Å²) < 4.78 is 5.71. The van der Waals surface area contributed by atoms with Crippen LogP contribution in [0.3, 0.4) is 0 Å². The SMILES string of the molecule is O=C(O)c1cccc2nc(-c3ccc4c(c3)CCC4)oc12. The Morgan fingerprint density at radius 3 is 2.86 bits per heavy atom. The van der Waals surface area contributed by atoms with Gasteiger partial charge in [0.25, 0.3) is 0 Å². The molecule has 0 fully saturated rings. The van der Waals surface area contributed by atoms with E-state index in [1.54, 1.807) is 12.1 Å². The third-order valence-corrected chi connectivity index (χ3v) is 3.99. The van der Waals surface area contributed by atoms with Crippen molar-refractivity contribution in [2.75, 3.05) is 0 Å². The van der Waals surface area contributed by atoms with Crippen molar-refractivity contribution in [3.63, 3.8) is 0 Å². The van der Waals surface area contributed by atoms with Crippen LogP contribution in [0.25, 0.3) is 22.6 Å². The number of aromatic carboxylic acids is 1. The highest BCUT2D eigenvalue weighted by molar-refractivity contribution is 6.00. The van der Waals surface area contributed by atoms with Gasteiger partial charge in [0.2, 0.25) is 5.89 Å². The number of carbonyl (C=O) groups is 1. The highest BCUT2D eigenvalue weighted by atomic mass is 16.4. The molecule has 1 heterocycles. The molecule has 0 bridgehead atoms. The monoisotopic (exact) mass is 279 g/mol. The van der Waals surface area contributed by atoms with E-state index in [1.807, 2.05) is 6.07 Å². The number of oxazole rings is 1. The first-order valence-electron chi connectivity index (χ1n) is 6.97. The maximum Gasteiger partial charge on any atom is 0.339 e. The minimum atomic E-state index is -1.00. The van der Waals surface area contributed by atoms with E-state index < -0.39 is 5.97 Å². The lowest BCUT2D eigenvalue weighted by Gasteiger charge is -2.01. The summed E-state index contributed by atoms with van der Waals surface area (Å²) in [6.07, 6.45) is 3.41. The summed E-state index contributed by atoms with van der Waals surface area (Å²) in [4.78, 5) is 15.6. The van der Waals surface area contributed by atoms with Crippen LogP contribution in [0.4, 0.5) is 0 Å². The van der Waals surface area contributed by atoms with Crippen molar-refractivity contribution in [3.05, 3.63) is 53.1 Å². The molecular formula is C17H13NO3. The van der Waals surface area contributed by atoms with Crippen molar-refractivity contribution in [2.24, 2.45) is 0 Å². The summed E-state index contributed by atoms with van der Waals surface area (Å²) in [6.45, 7) is 0. The number of carboxylic acid groups (broad SMARTS) is 1. The van der Waals surface area contributed by atoms with Gasteiger partial charge in [0.15, 0.2) is 5.58 Å². The summed E-state index contributed by atoms with van der Waals surface area (Å²) in [6, 6.07) is 11.2. The van der Waals surface area contributed by atoms with Crippen LogP contribution in [-0.4, -0.2) is 16.1 Å². The first kappa shape index (κ1) is 12.1. The van der Waals surface area contributed by atoms with Crippen LogP contribution in [0.2, 0.25) is 0 Å². The third kappa shape index (κ3) is 1.91. The lowest BCUT2D eigenvalue weighted by atomic mass is 10.1. The molecule has 4 heteroatoms. The van der Waals surface area contributed by atoms with Crippen molar-refractivity contribution in [1.29, 1.82) is 0 Å². The van der Waals surface area contributed by atoms with E-state index in [9.17, 15) is 9.90 Å². The van der Waals surface area contributed by atoms with Gasteiger partial charge >= 0.3 is 5.97 Å². The fourth-order valence-corrected chi connectivity index (χ4v) is 2.95. The first-order chi connectivity index (χ1) is 10.2. The molecule has 21 heavy (non-hydrogen) atoms. The van der Waals surface area contributed by atoms with Gasteiger partial charge in [-0.3, -0.25) is 0 Å². The topological polar surface area (TPSA) is 63.3 Å². The number of hydrogen-bond donors (Lipinski definition) is 1. The number of aryl methyl sites for hydroxylation is 2. The maximum atomic E-state index is 11.2. The fraction of sp³-hybridized carbons (Fsp3) is 0.176. The molecule has 0 saturated heterocycles. The van der Waals surface area contributed by atoms with Crippen molar-refractivity contribution in [1.82, 2.24) is 4.98 Å². The molecule has 2 aromatic carbocycles. The number of hydrogen-bond acceptors (Lipinski definition) is 3. The highest BCUT2D eigenvalue weighted by Crippen LogP contribution is 2.30. The molecule has 1 aliphatic rings. The van der Waals surface area contributed by atoms with E-state index in [-0.39, 0.29) is 5.56 Å². The van der Waals surface area contributed by atoms with E-state index in [4.69, 9.17) is 4.42 Å². The molecule has 0 atom stereocenters. The Labute approximate surface area is 121 Å². The Kier molecular flexibility index (Phi) is 2.57. The van der Waals surface area contributed by atoms with Crippen LogP contribution >= 0.6 is 0 Å². The second-order valence-corrected chi connectivity index (χ2v) is 5.32. The number of carboxylic acids is 1. The second kappa shape index (κ2) is 4.45. The Morgan fingerprint density at radius 2 is 2.00 bits per heavy atom. The van der Waals surface area contributed by atoms with Crippen LogP contribution in [-0.2, 0) is 12.8 Å². The molecule has 0 spiro atoms. The average Bonchev–Trinajstić information content (AvgIpc) is 3.11. The third-order valence-electron chi connectivity index (χ3n) is 3.99. The molecular weight excluding hydrogens is 266 g/mol. The van der Waals surface area contributed by atoms with Gasteiger partial charge in [-0.2, -0.15) is 0 Å². The van der Waals surface area contributed by atoms with Gasteiger partial charge in [-0.1, -0.05) is 12.1 Å². The smallest absolute Gasteiger partial charge is 0.339 e. The molecule has 0 saturated carbocycles. The maximum absolute atomic E-state index is 11.2. The molecule has 0 radical (unpaired) electrons. The zero-order valence-electron chi connectivity index (χ0n) is 11.3. The van der Waals surface area contributed by atoms with Crippen LogP contribution in [0.1, 0.15) is 27.9 Å². The summed E-state index contributed by atoms with van der Waals surface area (Å²) in [5.74, 6) is -0.523. The fourth-order valence-electron chi connectivity index (χ4n) is 2.95. The van der Waals surface area contributed by atoms with Crippen LogP contribution < -0.4 is 0 Å². The van der Waals surface area contributed by atoms with Crippen molar-refractivity contribution >= 4 is 17.1 Å². The van der Waals surface area contributed by atoms with Crippen molar-refractivity contribution < 1.29 is 14.3 Å². The lowest BCUT2D eigenvalue weighted by molar-refractivity contribution is 0.0698. The number of benzene rings is 2. The van der Waals surface area contributed by atoms with E-state index >= 15 is 0 Å². The molecule has 104 valence electrons. The van der Waals surface area contributed by atoms with Gasteiger partial charge in [0.1, 0.15) is 11.1 Å². The number of nitrogens with zero attached hydrogens (tertiary/aromatic N) is 1. The molecule has 4 nitrogen and oxygen atoms in total. The van der Waals surface area contributed by atoms with Gasteiger partial charge in [-0.15, -0.1) is 0 Å². The summed E-state index contributed by atoms with van der Waals surface area (Å²) in [7, 11) is 0. The molecule has 0 aliphatic heterocycles. The highest BCUT2D eigenvalue weighted by Gasteiger charge is 2.17. The number of fused-ring (bicyclic) bond motifs is 2. The molecule has 0 amide bonds. The molecule has 0 unspecified atom stereocenters. The summed E-state index contributed by atoms with van der Waals surface area (Å²) in [5.41, 5.74) is 4.69. The van der Waals surface area contributed by atoms with Gasteiger partial charge in [-0.25, -0.2) is 9.78 Å². The molecule has 4 rings (SSSR count). The molecule has 1 aromatic heterocycles. The van der Waals surface area contributed by atoms with E-state index in [0.29, 0.717) is 17.0 Å². The number of aromatic nitrogens is 1. The largest absolute Gasteiger partial charge is 0.478 e. The zero-order valence-corrected chi connectivity index (χ0v) is 11.3. The van der Waals surface area contributed by atoms with Crippen molar-refractivity contribution in [2.45, 2.75) is 19.3 Å².